The average molecular weight is 438 g/mol. The van der Waals surface area contributed by atoms with Gasteiger partial charge in [-0.1, -0.05) is 30.3 Å². The number of carbonyl (C=O) groups excluding carboxylic acids is 2. The van der Waals surface area contributed by atoms with Crippen LogP contribution in [0, 0.1) is 19.7 Å². The number of carbonyl (C=O) groups is 2. The number of para-hydroxylation sites is 1. The van der Waals surface area contributed by atoms with Gasteiger partial charge in [0.05, 0.1) is 5.69 Å². The van der Waals surface area contributed by atoms with Gasteiger partial charge in [-0.25, -0.2) is 8.91 Å². The summed E-state index contributed by atoms with van der Waals surface area (Å²) in [6, 6.07) is 11.8. The van der Waals surface area contributed by atoms with Crippen molar-refractivity contribution in [2.75, 3.05) is 11.9 Å². The van der Waals surface area contributed by atoms with E-state index in [0.717, 1.165) is 16.8 Å². The highest BCUT2D eigenvalue weighted by Crippen LogP contribution is 2.22. The van der Waals surface area contributed by atoms with Gasteiger partial charge in [-0.2, -0.15) is 4.98 Å². The molecule has 0 radical (unpaired) electrons. The fraction of sp³-hybridized carbons (Fsp3) is 0.182. The Morgan fingerprint density at radius 2 is 1.84 bits per heavy atom. The van der Waals surface area contributed by atoms with Crippen LogP contribution in [0.1, 0.15) is 16.8 Å². The Morgan fingerprint density at radius 1 is 1.10 bits per heavy atom. The summed E-state index contributed by atoms with van der Waals surface area (Å²) in [7, 11) is 0. The number of thiazole rings is 1. The number of hydrogen-bond donors (Lipinski definition) is 2. The second-order valence-electron chi connectivity index (χ2n) is 7.09. The van der Waals surface area contributed by atoms with E-state index in [9.17, 15) is 14.0 Å². The van der Waals surface area contributed by atoms with Crippen LogP contribution >= 0.6 is 11.3 Å². The SMILES string of the molecule is Cc1cccc(C)c1NC(=O)C(=O)NCCc1csc2nc(-c3cccc(F)c3)nn12. The normalized spacial score (nSPS) is 10.9. The molecule has 7 nitrogen and oxygen atoms in total. The molecule has 0 spiro atoms. The molecule has 2 N–H and O–H groups in total. The number of amides is 2. The first-order chi connectivity index (χ1) is 14.9. The summed E-state index contributed by atoms with van der Waals surface area (Å²) < 4.78 is 15.1. The molecule has 0 aliphatic rings. The van der Waals surface area contributed by atoms with Crippen molar-refractivity contribution in [1.82, 2.24) is 19.9 Å². The minimum atomic E-state index is -0.706. The molecule has 2 heterocycles. The maximum Gasteiger partial charge on any atom is 0.313 e. The van der Waals surface area contributed by atoms with Crippen LogP contribution in [0.3, 0.4) is 0 Å². The summed E-state index contributed by atoms with van der Waals surface area (Å²) in [5.74, 6) is -1.32. The molecular formula is C22H20FN5O2S. The molecule has 0 saturated heterocycles. The lowest BCUT2D eigenvalue weighted by atomic mass is 10.1. The van der Waals surface area contributed by atoms with Crippen molar-refractivity contribution in [2.24, 2.45) is 0 Å². The molecule has 0 fully saturated rings. The van der Waals surface area contributed by atoms with Gasteiger partial charge in [0, 0.05) is 29.6 Å². The topological polar surface area (TPSA) is 88.4 Å². The van der Waals surface area contributed by atoms with Gasteiger partial charge in [0.2, 0.25) is 4.96 Å². The van der Waals surface area contributed by atoms with Gasteiger partial charge >= 0.3 is 11.8 Å². The van der Waals surface area contributed by atoms with Crippen LogP contribution in [0.25, 0.3) is 16.3 Å². The third-order valence-corrected chi connectivity index (χ3v) is 5.69. The molecule has 158 valence electrons. The van der Waals surface area contributed by atoms with Crippen molar-refractivity contribution in [3.8, 4) is 11.4 Å². The molecule has 31 heavy (non-hydrogen) atoms. The largest absolute Gasteiger partial charge is 0.347 e. The van der Waals surface area contributed by atoms with E-state index in [1.165, 1.54) is 23.5 Å². The lowest BCUT2D eigenvalue weighted by molar-refractivity contribution is -0.136. The molecule has 9 heteroatoms. The molecule has 0 aliphatic heterocycles. The van der Waals surface area contributed by atoms with Crippen LogP contribution in [0.4, 0.5) is 10.1 Å². The number of aromatic nitrogens is 3. The van der Waals surface area contributed by atoms with Gasteiger partial charge in [-0.3, -0.25) is 9.59 Å². The summed E-state index contributed by atoms with van der Waals surface area (Å²) >= 11 is 1.41. The molecule has 0 bridgehead atoms. The molecule has 0 atom stereocenters. The van der Waals surface area contributed by atoms with Crippen LogP contribution in [0.15, 0.2) is 47.8 Å². The Labute approximate surface area is 181 Å². The Bertz CT molecular complexity index is 1260. The predicted molar refractivity (Wildman–Crippen MR) is 118 cm³/mol. The molecule has 2 amide bonds. The molecule has 0 saturated carbocycles. The zero-order valence-electron chi connectivity index (χ0n) is 17.0. The zero-order valence-corrected chi connectivity index (χ0v) is 17.8. The van der Waals surface area contributed by atoms with Gasteiger partial charge in [-0.15, -0.1) is 16.4 Å². The number of rotatable bonds is 5. The quantitative estimate of drug-likeness (QED) is 0.468. The van der Waals surface area contributed by atoms with E-state index < -0.39 is 11.8 Å². The maximum absolute atomic E-state index is 13.5. The van der Waals surface area contributed by atoms with E-state index in [2.05, 4.69) is 20.7 Å². The van der Waals surface area contributed by atoms with E-state index in [1.54, 1.807) is 16.6 Å². The Morgan fingerprint density at radius 3 is 2.58 bits per heavy atom. The predicted octanol–water partition coefficient (Wildman–Crippen LogP) is 3.51. The summed E-state index contributed by atoms with van der Waals surface area (Å²) in [6.07, 6.45) is 0.467. The number of hydrogen-bond acceptors (Lipinski definition) is 5. The standard InChI is InChI=1S/C22H20FN5O2S/c1-13-5-3-6-14(2)18(13)25-21(30)20(29)24-10-9-17-12-31-22-26-19(27-28(17)22)15-7-4-8-16(23)11-15/h3-8,11-12H,9-10H2,1-2H3,(H,24,29)(H,25,30). The smallest absolute Gasteiger partial charge is 0.313 e. The number of aryl methyl sites for hydroxylation is 2. The second-order valence-corrected chi connectivity index (χ2v) is 7.93. The zero-order chi connectivity index (χ0) is 22.0. The monoisotopic (exact) mass is 437 g/mol. The van der Waals surface area contributed by atoms with Crippen molar-refractivity contribution in [3.05, 3.63) is 70.5 Å². The van der Waals surface area contributed by atoms with Crippen LogP contribution in [0.2, 0.25) is 0 Å². The summed E-state index contributed by atoms with van der Waals surface area (Å²) in [5, 5.41) is 11.6. The first-order valence-corrected chi connectivity index (χ1v) is 10.5. The molecule has 2 aromatic carbocycles. The second kappa shape index (κ2) is 8.65. The molecule has 4 rings (SSSR count). The number of anilines is 1. The van der Waals surface area contributed by atoms with E-state index in [4.69, 9.17) is 0 Å². The van der Waals surface area contributed by atoms with Gasteiger partial charge in [-0.05, 0) is 37.1 Å². The Hall–Kier alpha value is -3.59. The number of fused-ring (bicyclic) bond motifs is 1. The Kier molecular flexibility index (Phi) is 5.77. The van der Waals surface area contributed by atoms with Crippen LogP contribution in [0.5, 0.6) is 0 Å². The lowest BCUT2D eigenvalue weighted by Gasteiger charge is -2.11. The van der Waals surface area contributed by atoms with Gasteiger partial charge in [0.15, 0.2) is 5.82 Å². The van der Waals surface area contributed by atoms with Crippen molar-refractivity contribution in [3.63, 3.8) is 0 Å². The van der Waals surface area contributed by atoms with E-state index in [0.29, 0.717) is 28.5 Å². The summed E-state index contributed by atoms with van der Waals surface area (Å²) in [4.78, 5) is 29.5. The molecule has 0 aliphatic carbocycles. The van der Waals surface area contributed by atoms with Crippen molar-refractivity contribution in [2.45, 2.75) is 20.3 Å². The molecule has 0 unspecified atom stereocenters. The third kappa shape index (κ3) is 4.46. The fourth-order valence-electron chi connectivity index (χ4n) is 3.21. The van der Waals surface area contributed by atoms with E-state index in [-0.39, 0.29) is 12.4 Å². The summed E-state index contributed by atoms with van der Waals surface area (Å²) in [6.45, 7) is 4.01. The fourth-order valence-corrected chi connectivity index (χ4v) is 4.07. The number of benzene rings is 2. The van der Waals surface area contributed by atoms with Crippen LogP contribution < -0.4 is 10.6 Å². The van der Waals surface area contributed by atoms with Crippen molar-refractivity contribution < 1.29 is 14.0 Å². The average Bonchev–Trinajstić information content (AvgIpc) is 3.32. The third-order valence-electron chi connectivity index (χ3n) is 4.83. The van der Waals surface area contributed by atoms with Gasteiger partial charge < -0.3 is 10.6 Å². The minimum Gasteiger partial charge on any atom is -0.347 e. The molecule has 4 aromatic rings. The Balaban J connectivity index is 1.38. The van der Waals surface area contributed by atoms with Gasteiger partial charge in [0.25, 0.3) is 0 Å². The van der Waals surface area contributed by atoms with E-state index in [1.807, 2.05) is 37.4 Å². The number of nitrogens with one attached hydrogen (secondary N) is 2. The minimum absolute atomic E-state index is 0.264. The van der Waals surface area contributed by atoms with Gasteiger partial charge in [0.1, 0.15) is 5.82 Å². The van der Waals surface area contributed by atoms with Crippen LogP contribution in [-0.2, 0) is 16.0 Å². The highest BCUT2D eigenvalue weighted by atomic mass is 32.1. The number of halogens is 1. The highest BCUT2D eigenvalue weighted by Gasteiger charge is 2.16. The highest BCUT2D eigenvalue weighted by molar-refractivity contribution is 7.15. The first-order valence-electron chi connectivity index (χ1n) is 9.67. The van der Waals surface area contributed by atoms with Crippen LogP contribution in [-0.4, -0.2) is 33.0 Å². The maximum atomic E-state index is 13.5. The number of nitrogens with zero attached hydrogens (tertiary/aromatic N) is 3. The molecule has 2 aromatic heterocycles. The summed E-state index contributed by atoms with van der Waals surface area (Å²) in [5.41, 5.74) is 3.86. The van der Waals surface area contributed by atoms with Crippen molar-refractivity contribution >= 4 is 33.8 Å². The molecular weight excluding hydrogens is 417 g/mol. The van der Waals surface area contributed by atoms with Crippen molar-refractivity contribution in [1.29, 1.82) is 0 Å². The first kappa shape index (κ1) is 20.7. The van der Waals surface area contributed by atoms with E-state index >= 15 is 0 Å². The lowest BCUT2D eigenvalue weighted by Crippen LogP contribution is -2.36.